The van der Waals surface area contributed by atoms with Gasteiger partial charge >= 0.3 is 0 Å². The van der Waals surface area contributed by atoms with E-state index in [4.69, 9.17) is 15.7 Å². The third-order valence-corrected chi connectivity index (χ3v) is 2.73. The molecule has 3 N–H and O–H groups in total. The van der Waals surface area contributed by atoms with Crippen molar-refractivity contribution in [3.8, 4) is 5.75 Å². The van der Waals surface area contributed by atoms with Crippen LogP contribution >= 0.6 is 0 Å². The van der Waals surface area contributed by atoms with Crippen LogP contribution in [-0.4, -0.2) is 22.7 Å². The second-order valence-electron chi connectivity index (χ2n) is 3.83. The Hall–Kier alpha value is -2.43. The van der Waals surface area contributed by atoms with Gasteiger partial charge < -0.3 is 20.2 Å². The van der Waals surface area contributed by atoms with Crippen LogP contribution in [0.1, 0.15) is 11.6 Å². The summed E-state index contributed by atoms with van der Waals surface area (Å²) in [5.41, 5.74) is 6.66. The Morgan fingerprint density at radius 2 is 2.06 bits per heavy atom. The zero-order valence-electron chi connectivity index (χ0n) is 10.0. The molecule has 5 nitrogen and oxygen atoms in total. The molecule has 18 heavy (non-hydrogen) atoms. The van der Waals surface area contributed by atoms with Crippen LogP contribution in [0.4, 0.5) is 0 Å². The van der Waals surface area contributed by atoms with Crippen LogP contribution < -0.4 is 10.5 Å². The molecule has 0 spiro atoms. The van der Waals surface area contributed by atoms with Crippen molar-refractivity contribution in [1.82, 2.24) is 4.57 Å². The third kappa shape index (κ3) is 2.29. The van der Waals surface area contributed by atoms with Crippen LogP contribution in [0.25, 0.3) is 0 Å². The molecule has 1 aromatic heterocycles. The van der Waals surface area contributed by atoms with Crippen LogP contribution in [0.3, 0.4) is 0 Å². The molecule has 5 heteroatoms. The first kappa shape index (κ1) is 12.0. The van der Waals surface area contributed by atoms with Gasteiger partial charge in [0.25, 0.3) is 0 Å². The van der Waals surface area contributed by atoms with Gasteiger partial charge in [-0.15, -0.1) is 0 Å². The van der Waals surface area contributed by atoms with Gasteiger partial charge in [0.15, 0.2) is 5.84 Å². The lowest BCUT2D eigenvalue weighted by molar-refractivity contribution is 0.315. The molecule has 94 valence electrons. The lowest BCUT2D eigenvalue weighted by atomic mass is 10.1. The first-order valence-electron chi connectivity index (χ1n) is 5.50. The molecule has 1 aromatic carbocycles. The SMILES string of the molecule is COc1cccc([C@H](C(N)=NO)n2cccc2)c1. The van der Waals surface area contributed by atoms with Crippen molar-refractivity contribution >= 4 is 5.84 Å². The number of oxime groups is 1. The number of hydrogen-bond acceptors (Lipinski definition) is 3. The molecule has 0 saturated carbocycles. The molecule has 1 atom stereocenters. The highest BCUT2D eigenvalue weighted by Crippen LogP contribution is 2.23. The topological polar surface area (TPSA) is 72.8 Å². The summed E-state index contributed by atoms with van der Waals surface area (Å²) < 4.78 is 7.05. The minimum absolute atomic E-state index is 0.124. The van der Waals surface area contributed by atoms with Crippen molar-refractivity contribution in [1.29, 1.82) is 0 Å². The van der Waals surface area contributed by atoms with Crippen LogP contribution in [0.5, 0.6) is 5.75 Å². The Morgan fingerprint density at radius 3 is 2.67 bits per heavy atom. The van der Waals surface area contributed by atoms with E-state index in [1.54, 1.807) is 7.11 Å². The maximum atomic E-state index is 8.91. The molecular weight excluding hydrogens is 230 g/mol. The molecule has 0 amide bonds. The number of amidine groups is 1. The van der Waals surface area contributed by atoms with Gasteiger partial charge in [-0.25, -0.2) is 0 Å². The van der Waals surface area contributed by atoms with Gasteiger partial charge in [0.1, 0.15) is 11.8 Å². The Balaban J connectivity index is 2.46. The zero-order chi connectivity index (χ0) is 13.0. The van der Waals surface area contributed by atoms with E-state index in [0.717, 1.165) is 11.3 Å². The van der Waals surface area contributed by atoms with E-state index in [2.05, 4.69) is 5.16 Å². The summed E-state index contributed by atoms with van der Waals surface area (Å²) >= 11 is 0. The Morgan fingerprint density at radius 1 is 1.33 bits per heavy atom. The zero-order valence-corrected chi connectivity index (χ0v) is 10.0. The third-order valence-electron chi connectivity index (χ3n) is 2.73. The summed E-state index contributed by atoms with van der Waals surface area (Å²) in [5.74, 6) is 0.856. The molecule has 0 aliphatic heterocycles. The molecule has 0 bridgehead atoms. The minimum atomic E-state index is -0.347. The van der Waals surface area contributed by atoms with E-state index in [0.29, 0.717) is 0 Å². The number of aromatic nitrogens is 1. The molecular formula is C13H15N3O2. The molecule has 0 saturated heterocycles. The summed E-state index contributed by atoms with van der Waals surface area (Å²) in [4.78, 5) is 0. The molecule has 1 heterocycles. The fourth-order valence-electron chi connectivity index (χ4n) is 1.88. The van der Waals surface area contributed by atoms with E-state index in [1.807, 2.05) is 53.4 Å². The quantitative estimate of drug-likeness (QED) is 0.373. The molecule has 2 aromatic rings. The molecule has 0 radical (unpaired) electrons. The summed E-state index contributed by atoms with van der Waals surface area (Å²) in [6.07, 6.45) is 3.73. The van der Waals surface area contributed by atoms with Crippen molar-refractivity contribution in [3.05, 3.63) is 54.4 Å². The van der Waals surface area contributed by atoms with Crippen LogP contribution in [0, 0.1) is 0 Å². The van der Waals surface area contributed by atoms with Crippen LogP contribution in [-0.2, 0) is 0 Å². The number of benzene rings is 1. The molecule has 0 fully saturated rings. The van der Waals surface area contributed by atoms with E-state index in [9.17, 15) is 0 Å². The van der Waals surface area contributed by atoms with Gasteiger partial charge in [-0.1, -0.05) is 17.3 Å². The fraction of sp³-hybridized carbons (Fsp3) is 0.154. The van der Waals surface area contributed by atoms with Crippen molar-refractivity contribution in [2.75, 3.05) is 7.11 Å². The maximum absolute atomic E-state index is 8.91. The number of hydrogen-bond donors (Lipinski definition) is 2. The molecule has 0 aliphatic rings. The predicted molar refractivity (Wildman–Crippen MR) is 69.0 cm³/mol. The fourth-order valence-corrected chi connectivity index (χ4v) is 1.88. The standard InChI is InChI=1S/C13H15N3O2/c1-18-11-6-4-5-10(9-11)12(13(14)15-17)16-7-2-3-8-16/h2-9,12,17H,1H3,(H2,14,15)/t12-/m1/s1. The van der Waals surface area contributed by atoms with Crippen molar-refractivity contribution in [3.63, 3.8) is 0 Å². The summed E-state index contributed by atoms with van der Waals surface area (Å²) in [6.45, 7) is 0. The minimum Gasteiger partial charge on any atom is -0.497 e. The van der Waals surface area contributed by atoms with Crippen molar-refractivity contribution in [2.24, 2.45) is 10.9 Å². The van der Waals surface area contributed by atoms with Gasteiger partial charge in [0.2, 0.25) is 0 Å². The van der Waals surface area contributed by atoms with E-state index in [1.165, 1.54) is 0 Å². The Kier molecular flexibility index (Phi) is 3.52. The maximum Gasteiger partial charge on any atom is 0.166 e. The largest absolute Gasteiger partial charge is 0.497 e. The first-order chi connectivity index (χ1) is 8.76. The van der Waals surface area contributed by atoms with Gasteiger partial charge in [-0.2, -0.15) is 0 Å². The average Bonchev–Trinajstić information content (AvgIpc) is 2.93. The summed E-state index contributed by atoms with van der Waals surface area (Å²) in [5, 5.41) is 12.0. The highest BCUT2D eigenvalue weighted by atomic mass is 16.5. The lowest BCUT2D eigenvalue weighted by Gasteiger charge is -2.18. The molecule has 2 rings (SSSR count). The van der Waals surface area contributed by atoms with E-state index < -0.39 is 0 Å². The van der Waals surface area contributed by atoms with Gasteiger partial charge in [-0.3, -0.25) is 0 Å². The number of nitrogens with two attached hydrogens (primary N) is 1. The van der Waals surface area contributed by atoms with Crippen LogP contribution in [0.2, 0.25) is 0 Å². The smallest absolute Gasteiger partial charge is 0.166 e. The number of methoxy groups -OCH3 is 1. The summed E-state index contributed by atoms with van der Waals surface area (Å²) in [6, 6.07) is 10.9. The lowest BCUT2D eigenvalue weighted by Crippen LogP contribution is -2.27. The van der Waals surface area contributed by atoms with Gasteiger partial charge in [0, 0.05) is 12.4 Å². The Labute approximate surface area is 105 Å². The van der Waals surface area contributed by atoms with E-state index >= 15 is 0 Å². The van der Waals surface area contributed by atoms with E-state index in [-0.39, 0.29) is 11.9 Å². The van der Waals surface area contributed by atoms with Crippen LogP contribution in [0.15, 0.2) is 53.9 Å². The summed E-state index contributed by atoms with van der Waals surface area (Å²) in [7, 11) is 1.60. The Bertz CT molecular complexity index is 535. The number of ether oxygens (including phenoxy) is 1. The van der Waals surface area contributed by atoms with Gasteiger partial charge in [0.05, 0.1) is 7.11 Å². The van der Waals surface area contributed by atoms with Crippen molar-refractivity contribution in [2.45, 2.75) is 6.04 Å². The number of nitrogens with zero attached hydrogens (tertiary/aromatic N) is 2. The number of rotatable bonds is 4. The van der Waals surface area contributed by atoms with Crippen molar-refractivity contribution < 1.29 is 9.94 Å². The molecule has 0 aliphatic carbocycles. The highest BCUT2D eigenvalue weighted by Gasteiger charge is 2.18. The second-order valence-corrected chi connectivity index (χ2v) is 3.83. The predicted octanol–water partition coefficient (Wildman–Crippen LogP) is 1.83. The van der Waals surface area contributed by atoms with Gasteiger partial charge in [-0.05, 0) is 29.8 Å². The highest BCUT2D eigenvalue weighted by molar-refractivity contribution is 5.87. The monoisotopic (exact) mass is 245 g/mol. The first-order valence-corrected chi connectivity index (χ1v) is 5.50. The normalized spacial score (nSPS) is 13.3. The average molecular weight is 245 g/mol. The second kappa shape index (κ2) is 5.27. The molecule has 0 unspecified atom stereocenters.